The van der Waals surface area contributed by atoms with E-state index in [4.69, 9.17) is 0 Å². The number of para-hydroxylation sites is 1. The number of aromatic nitrogens is 2. The lowest BCUT2D eigenvalue weighted by Crippen LogP contribution is -2.34. The number of H-pyrrole nitrogens is 1. The first-order valence-corrected chi connectivity index (χ1v) is 10.5. The van der Waals surface area contributed by atoms with Crippen molar-refractivity contribution in [3.05, 3.63) is 90.3 Å². The third-order valence-electron chi connectivity index (χ3n) is 5.25. The van der Waals surface area contributed by atoms with Crippen LogP contribution in [0.2, 0.25) is 0 Å². The van der Waals surface area contributed by atoms with Crippen molar-refractivity contribution in [1.82, 2.24) is 20.0 Å². The van der Waals surface area contributed by atoms with E-state index < -0.39 is 0 Å². The molecule has 0 radical (unpaired) electrons. The number of allylic oxidation sites excluding steroid dienone is 2. The van der Waals surface area contributed by atoms with Gasteiger partial charge >= 0.3 is 0 Å². The summed E-state index contributed by atoms with van der Waals surface area (Å²) < 4.78 is 0. The topological polar surface area (TPSA) is 81.3 Å². The van der Waals surface area contributed by atoms with Gasteiger partial charge in [-0.25, -0.2) is 0 Å². The molecule has 3 aromatic rings. The van der Waals surface area contributed by atoms with Gasteiger partial charge in [-0.15, -0.1) is 0 Å². The molecule has 7 heteroatoms. The molecule has 162 valence electrons. The van der Waals surface area contributed by atoms with Crippen LogP contribution in [0, 0.1) is 0 Å². The second kappa shape index (κ2) is 9.78. The van der Waals surface area contributed by atoms with E-state index in [1.165, 1.54) is 6.08 Å². The summed E-state index contributed by atoms with van der Waals surface area (Å²) in [6, 6.07) is 14.6. The number of anilines is 1. The van der Waals surface area contributed by atoms with Crippen molar-refractivity contribution in [3.8, 4) is 0 Å². The molecule has 4 rings (SSSR count). The van der Waals surface area contributed by atoms with Crippen LogP contribution in [-0.4, -0.2) is 58.5 Å². The van der Waals surface area contributed by atoms with E-state index in [9.17, 15) is 9.59 Å². The van der Waals surface area contributed by atoms with E-state index >= 15 is 0 Å². The molecule has 1 aliphatic heterocycles. The average molecular weight is 428 g/mol. The summed E-state index contributed by atoms with van der Waals surface area (Å²) in [6.45, 7) is 2.26. The van der Waals surface area contributed by atoms with E-state index in [0.29, 0.717) is 23.5 Å². The molecule has 0 fully saturated rings. The number of fused-ring (bicyclic) bond motifs is 1. The Morgan fingerprint density at radius 2 is 1.97 bits per heavy atom. The van der Waals surface area contributed by atoms with E-state index in [2.05, 4.69) is 26.5 Å². The van der Waals surface area contributed by atoms with E-state index in [1.807, 2.05) is 42.6 Å². The van der Waals surface area contributed by atoms with Crippen molar-refractivity contribution in [2.45, 2.75) is 0 Å². The predicted molar refractivity (Wildman–Crippen MR) is 127 cm³/mol. The Labute approximate surface area is 186 Å². The molecule has 0 atom stereocenters. The molecule has 1 aromatic heterocycles. The van der Waals surface area contributed by atoms with Crippen molar-refractivity contribution in [1.29, 1.82) is 0 Å². The van der Waals surface area contributed by atoms with Crippen LogP contribution in [0.15, 0.2) is 79.0 Å². The van der Waals surface area contributed by atoms with Gasteiger partial charge in [-0.05, 0) is 48.7 Å². The molecule has 0 spiro atoms. The Balaban J connectivity index is 1.30. The van der Waals surface area contributed by atoms with Crippen LogP contribution in [0.3, 0.4) is 0 Å². The summed E-state index contributed by atoms with van der Waals surface area (Å²) in [5.41, 5.74) is 2.83. The number of hydrogen-bond acceptors (Lipinski definition) is 4. The van der Waals surface area contributed by atoms with Gasteiger partial charge in [-0.3, -0.25) is 14.7 Å². The molecule has 0 unspecified atom stereocenters. The highest BCUT2D eigenvalue weighted by Crippen LogP contribution is 2.16. The number of likely N-dealkylation sites (N-methyl/N-ethyl adjacent to an activating group) is 1. The predicted octanol–water partition coefficient (Wildman–Crippen LogP) is 3.67. The Kier molecular flexibility index (Phi) is 6.46. The van der Waals surface area contributed by atoms with Crippen LogP contribution in [0.1, 0.15) is 16.1 Å². The molecule has 0 saturated carbocycles. The van der Waals surface area contributed by atoms with Crippen LogP contribution in [0.5, 0.6) is 0 Å². The van der Waals surface area contributed by atoms with E-state index in [-0.39, 0.29) is 11.8 Å². The molecule has 2 amide bonds. The minimum atomic E-state index is -0.267. The number of benzene rings is 2. The van der Waals surface area contributed by atoms with Crippen LogP contribution < -0.4 is 5.32 Å². The zero-order valence-electron chi connectivity index (χ0n) is 17.9. The smallest absolute Gasteiger partial charge is 0.253 e. The lowest BCUT2D eigenvalue weighted by atomic mass is 10.1. The minimum absolute atomic E-state index is 0.0512. The number of rotatable bonds is 7. The second-order valence-corrected chi connectivity index (χ2v) is 7.55. The van der Waals surface area contributed by atoms with Gasteiger partial charge in [-0.1, -0.05) is 30.4 Å². The number of aromatic amines is 1. The molecule has 2 heterocycles. The standard InChI is InChI=1S/C25H25N5O2/c1-29(17-18-30-15-5-2-6-16-30)25(32)19-9-11-20(12-10-19)26-24(31)14-13-23-21-7-3-4-8-22(21)27-28-23/h2-15H,16-18H2,1H3,(H,26,31)(H,27,28)/b14-13+. The third-order valence-corrected chi connectivity index (χ3v) is 5.25. The Bertz CT molecular complexity index is 1190. The number of nitrogens with one attached hydrogen (secondary N) is 2. The number of carbonyl (C=O) groups is 2. The second-order valence-electron chi connectivity index (χ2n) is 7.55. The minimum Gasteiger partial charge on any atom is -0.372 e. The highest BCUT2D eigenvalue weighted by molar-refractivity contribution is 6.03. The fourth-order valence-electron chi connectivity index (χ4n) is 3.42. The number of carbonyl (C=O) groups excluding carboxylic acids is 2. The van der Waals surface area contributed by atoms with Crippen LogP contribution >= 0.6 is 0 Å². The lowest BCUT2D eigenvalue weighted by molar-refractivity contribution is -0.111. The molecule has 0 saturated heterocycles. The molecular weight excluding hydrogens is 402 g/mol. The first-order chi connectivity index (χ1) is 15.6. The van der Waals surface area contributed by atoms with Gasteiger partial charge in [0.1, 0.15) is 0 Å². The number of amides is 2. The van der Waals surface area contributed by atoms with Crippen LogP contribution in [0.4, 0.5) is 5.69 Å². The molecule has 7 nitrogen and oxygen atoms in total. The molecule has 2 aromatic carbocycles. The van der Waals surface area contributed by atoms with Gasteiger partial charge in [0, 0.05) is 49.4 Å². The number of hydrogen-bond donors (Lipinski definition) is 2. The zero-order valence-corrected chi connectivity index (χ0v) is 17.9. The molecular formula is C25H25N5O2. The summed E-state index contributed by atoms with van der Waals surface area (Å²) >= 11 is 0. The van der Waals surface area contributed by atoms with Gasteiger partial charge < -0.3 is 15.1 Å². The summed E-state index contributed by atoms with van der Waals surface area (Å²) in [5, 5.41) is 10.9. The van der Waals surface area contributed by atoms with Crippen molar-refractivity contribution in [2.75, 3.05) is 32.0 Å². The molecule has 2 N–H and O–H groups in total. The van der Waals surface area contributed by atoms with Gasteiger partial charge in [0.25, 0.3) is 5.91 Å². The molecule has 1 aliphatic rings. The molecule has 0 aliphatic carbocycles. The maximum atomic E-state index is 12.7. The first-order valence-electron chi connectivity index (χ1n) is 10.5. The van der Waals surface area contributed by atoms with Crippen molar-refractivity contribution < 1.29 is 9.59 Å². The van der Waals surface area contributed by atoms with Crippen molar-refractivity contribution in [2.24, 2.45) is 0 Å². The zero-order chi connectivity index (χ0) is 22.3. The van der Waals surface area contributed by atoms with E-state index in [1.54, 1.807) is 42.3 Å². The van der Waals surface area contributed by atoms with Gasteiger partial charge in [0.05, 0.1) is 11.2 Å². The molecule has 0 bridgehead atoms. The van der Waals surface area contributed by atoms with Gasteiger partial charge in [-0.2, -0.15) is 5.10 Å². The molecule has 32 heavy (non-hydrogen) atoms. The fourth-order valence-corrected chi connectivity index (χ4v) is 3.42. The maximum absolute atomic E-state index is 12.7. The summed E-state index contributed by atoms with van der Waals surface area (Å²) in [6.07, 6.45) is 11.2. The van der Waals surface area contributed by atoms with E-state index in [0.717, 1.165) is 24.0 Å². The van der Waals surface area contributed by atoms with Crippen LogP contribution in [-0.2, 0) is 4.79 Å². The first kappa shape index (κ1) is 21.1. The largest absolute Gasteiger partial charge is 0.372 e. The monoisotopic (exact) mass is 427 g/mol. The van der Waals surface area contributed by atoms with Crippen molar-refractivity contribution in [3.63, 3.8) is 0 Å². The van der Waals surface area contributed by atoms with Crippen LogP contribution in [0.25, 0.3) is 17.0 Å². The highest BCUT2D eigenvalue weighted by Gasteiger charge is 2.13. The van der Waals surface area contributed by atoms with Gasteiger partial charge in [0.2, 0.25) is 5.91 Å². The summed E-state index contributed by atoms with van der Waals surface area (Å²) in [5.74, 6) is -0.318. The fraction of sp³-hybridized carbons (Fsp3) is 0.160. The Morgan fingerprint density at radius 3 is 2.75 bits per heavy atom. The average Bonchev–Trinajstić information content (AvgIpc) is 3.25. The van der Waals surface area contributed by atoms with Gasteiger partial charge in [0.15, 0.2) is 0 Å². The SMILES string of the molecule is CN(CCN1C=CC=CC1)C(=O)c1ccc(NC(=O)/C=C/c2n[nH]c3ccccc23)cc1. The maximum Gasteiger partial charge on any atom is 0.253 e. The highest BCUT2D eigenvalue weighted by atomic mass is 16.2. The number of nitrogens with zero attached hydrogens (tertiary/aromatic N) is 3. The summed E-state index contributed by atoms with van der Waals surface area (Å²) in [4.78, 5) is 28.8. The normalized spacial score (nSPS) is 13.1. The third kappa shape index (κ3) is 5.13. The summed E-state index contributed by atoms with van der Waals surface area (Å²) in [7, 11) is 1.80. The lowest BCUT2D eigenvalue weighted by Gasteiger charge is -2.24. The Morgan fingerprint density at radius 1 is 1.16 bits per heavy atom. The Hall–Kier alpha value is -4.13. The van der Waals surface area contributed by atoms with Crippen molar-refractivity contribution >= 4 is 34.5 Å². The quantitative estimate of drug-likeness (QED) is 0.564.